The molecule has 1 aliphatic heterocycles. The first-order valence-corrected chi connectivity index (χ1v) is 6.67. The fourth-order valence-corrected chi connectivity index (χ4v) is 2.50. The summed E-state index contributed by atoms with van der Waals surface area (Å²) in [5.41, 5.74) is 0.455. The van der Waals surface area contributed by atoms with Crippen molar-refractivity contribution in [1.82, 2.24) is 29.6 Å². The summed E-state index contributed by atoms with van der Waals surface area (Å²) in [7, 11) is 0. The normalized spacial score (nSPS) is 19.1. The van der Waals surface area contributed by atoms with Gasteiger partial charge in [0.1, 0.15) is 24.2 Å². The van der Waals surface area contributed by atoms with Crippen LogP contribution in [0, 0.1) is 6.92 Å². The average Bonchev–Trinajstić information content (AvgIpc) is 3.01. The number of aryl methyl sites for hydroxylation is 1. The Hall–Kier alpha value is -2.31. The summed E-state index contributed by atoms with van der Waals surface area (Å²) in [6, 6.07) is 1.85. The minimum atomic E-state index is -0.0414. The van der Waals surface area contributed by atoms with Crippen LogP contribution in [-0.4, -0.2) is 48.6 Å². The van der Waals surface area contributed by atoms with Crippen molar-refractivity contribution in [2.75, 3.05) is 13.1 Å². The summed E-state index contributed by atoms with van der Waals surface area (Å²) in [5.74, 6) is 0.570. The number of likely N-dealkylation sites (tertiary alicyclic amines) is 1. The zero-order valence-electron chi connectivity index (χ0n) is 11.3. The number of carbonyl (C=O) groups excluding carboxylic acids is 1. The van der Waals surface area contributed by atoms with Crippen LogP contribution in [0.3, 0.4) is 0 Å². The van der Waals surface area contributed by atoms with Crippen molar-refractivity contribution in [2.45, 2.75) is 25.8 Å². The number of amides is 1. The van der Waals surface area contributed by atoms with Crippen LogP contribution in [0.1, 0.15) is 35.2 Å². The van der Waals surface area contributed by atoms with Crippen LogP contribution in [0.2, 0.25) is 0 Å². The molecule has 1 aliphatic rings. The molecular weight excluding hydrogens is 256 g/mol. The van der Waals surface area contributed by atoms with Gasteiger partial charge in [-0.05, 0) is 25.8 Å². The van der Waals surface area contributed by atoms with Gasteiger partial charge in [-0.15, -0.1) is 0 Å². The predicted molar refractivity (Wildman–Crippen MR) is 71.0 cm³/mol. The van der Waals surface area contributed by atoms with E-state index in [-0.39, 0.29) is 11.9 Å². The lowest BCUT2D eigenvalue weighted by molar-refractivity contribution is 0.0666. The maximum atomic E-state index is 12.5. The smallest absolute Gasteiger partial charge is 0.272 e. The molecule has 0 bridgehead atoms. The van der Waals surface area contributed by atoms with E-state index < -0.39 is 0 Å². The van der Waals surface area contributed by atoms with Crippen molar-refractivity contribution in [1.29, 1.82) is 0 Å². The first-order chi connectivity index (χ1) is 9.74. The van der Waals surface area contributed by atoms with Gasteiger partial charge in [0.05, 0.1) is 6.04 Å². The molecule has 1 amide bonds. The summed E-state index contributed by atoms with van der Waals surface area (Å²) in [5, 5.41) is 4.16. The van der Waals surface area contributed by atoms with Crippen LogP contribution in [-0.2, 0) is 0 Å². The Kier molecular flexibility index (Phi) is 3.41. The quantitative estimate of drug-likeness (QED) is 0.810. The van der Waals surface area contributed by atoms with Gasteiger partial charge in [0.15, 0.2) is 0 Å². The van der Waals surface area contributed by atoms with Gasteiger partial charge in [-0.25, -0.2) is 19.6 Å². The standard InChI is InChI=1S/C13H16N6O/c1-10-15-5-4-12(17-10)13(20)18-6-2-3-11(7-18)19-9-14-8-16-19/h4-5,8-9,11H,2-3,6-7H2,1H3/t11-/m0/s1. The molecule has 0 saturated carbocycles. The van der Waals surface area contributed by atoms with Crippen molar-refractivity contribution >= 4 is 5.91 Å². The number of rotatable bonds is 2. The molecule has 1 atom stereocenters. The van der Waals surface area contributed by atoms with E-state index in [1.54, 1.807) is 25.5 Å². The third-order valence-corrected chi connectivity index (χ3v) is 3.49. The van der Waals surface area contributed by atoms with E-state index in [1.807, 2.05) is 9.58 Å². The van der Waals surface area contributed by atoms with Crippen LogP contribution < -0.4 is 0 Å². The van der Waals surface area contributed by atoms with Gasteiger partial charge >= 0.3 is 0 Å². The number of nitrogens with zero attached hydrogens (tertiary/aromatic N) is 6. The Labute approximate surface area is 116 Å². The van der Waals surface area contributed by atoms with E-state index in [0.29, 0.717) is 18.1 Å². The molecule has 1 fully saturated rings. The molecule has 0 aliphatic carbocycles. The second kappa shape index (κ2) is 5.36. The molecule has 7 nitrogen and oxygen atoms in total. The lowest BCUT2D eigenvalue weighted by Crippen LogP contribution is -2.41. The molecule has 7 heteroatoms. The van der Waals surface area contributed by atoms with E-state index in [9.17, 15) is 4.79 Å². The molecule has 1 saturated heterocycles. The van der Waals surface area contributed by atoms with E-state index in [0.717, 1.165) is 19.4 Å². The maximum absolute atomic E-state index is 12.5. The topological polar surface area (TPSA) is 76.8 Å². The number of piperidine rings is 1. The van der Waals surface area contributed by atoms with Crippen LogP contribution in [0.4, 0.5) is 0 Å². The Balaban J connectivity index is 1.75. The Morgan fingerprint density at radius 1 is 1.45 bits per heavy atom. The molecule has 104 valence electrons. The first-order valence-electron chi connectivity index (χ1n) is 6.67. The lowest BCUT2D eigenvalue weighted by Gasteiger charge is -2.32. The fraction of sp³-hybridized carbons (Fsp3) is 0.462. The average molecular weight is 272 g/mol. The van der Waals surface area contributed by atoms with Crippen LogP contribution >= 0.6 is 0 Å². The minimum absolute atomic E-state index is 0.0414. The number of hydrogen-bond donors (Lipinski definition) is 0. The minimum Gasteiger partial charge on any atom is -0.335 e. The zero-order valence-corrected chi connectivity index (χ0v) is 11.3. The molecule has 0 aromatic carbocycles. The second-order valence-electron chi connectivity index (χ2n) is 4.91. The van der Waals surface area contributed by atoms with E-state index in [1.165, 1.54) is 6.33 Å². The maximum Gasteiger partial charge on any atom is 0.272 e. The number of aromatic nitrogens is 5. The molecule has 2 aromatic heterocycles. The van der Waals surface area contributed by atoms with Crippen molar-refractivity contribution < 1.29 is 4.79 Å². The molecule has 0 N–H and O–H groups in total. The molecule has 2 aromatic rings. The highest BCUT2D eigenvalue weighted by Gasteiger charge is 2.26. The molecule has 0 spiro atoms. The molecule has 20 heavy (non-hydrogen) atoms. The molecule has 3 rings (SSSR count). The van der Waals surface area contributed by atoms with Gasteiger partial charge in [0, 0.05) is 19.3 Å². The second-order valence-corrected chi connectivity index (χ2v) is 4.91. The number of carbonyl (C=O) groups is 1. The monoisotopic (exact) mass is 272 g/mol. The fourth-order valence-electron chi connectivity index (χ4n) is 2.50. The first kappa shape index (κ1) is 12.7. The van der Waals surface area contributed by atoms with Crippen LogP contribution in [0.25, 0.3) is 0 Å². The highest BCUT2D eigenvalue weighted by Crippen LogP contribution is 2.21. The zero-order chi connectivity index (χ0) is 13.9. The van der Waals surface area contributed by atoms with Gasteiger partial charge in [-0.1, -0.05) is 0 Å². The lowest BCUT2D eigenvalue weighted by atomic mass is 10.1. The molecule has 0 unspecified atom stereocenters. The van der Waals surface area contributed by atoms with Crippen LogP contribution in [0.5, 0.6) is 0 Å². The van der Waals surface area contributed by atoms with Crippen LogP contribution in [0.15, 0.2) is 24.9 Å². The van der Waals surface area contributed by atoms with Gasteiger partial charge in [-0.2, -0.15) is 5.10 Å². The largest absolute Gasteiger partial charge is 0.335 e. The highest BCUT2D eigenvalue weighted by atomic mass is 16.2. The SMILES string of the molecule is Cc1nccc(C(=O)N2CCC[C@H](n3cncn3)C2)n1. The van der Waals surface area contributed by atoms with Crippen molar-refractivity contribution in [3.63, 3.8) is 0 Å². The van der Waals surface area contributed by atoms with Gasteiger partial charge < -0.3 is 4.90 Å². The van der Waals surface area contributed by atoms with Crippen molar-refractivity contribution in [2.24, 2.45) is 0 Å². The summed E-state index contributed by atoms with van der Waals surface area (Å²) >= 11 is 0. The summed E-state index contributed by atoms with van der Waals surface area (Å²) in [6.07, 6.45) is 6.81. The van der Waals surface area contributed by atoms with Gasteiger partial charge in [0.25, 0.3) is 5.91 Å². The molecular formula is C13H16N6O. The van der Waals surface area contributed by atoms with E-state index >= 15 is 0 Å². The molecule has 0 radical (unpaired) electrons. The Morgan fingerprint density at radius 3 is 3.10 bits per heavy atom. The van der Waals surface area contributed by atoms with Gasteiger partial charge in [0.2, 0.25) is 0 Å². The van der Waals surface area contributed by atoms with Gasteiger partial charge in [-0.3, -0.25) is 4.79 Å². The number of hydrogen-bond acceptors (Lipinski definition) is 5. The third-order valence-electron chi connectivity index (χ3n) is 3.49. The van der Waals surface area contributed by atoms with E-state index in [2.05, 4.69) is 20.1 Å². The third kappa shape index (κ3) is 2.52. The van der Waals surface area contributed by atoms with Crippen molar-refractivity contribution in [3.8, 4) is 0 Å². The summed E-state index contributed by atoms with van der Waals surface area (Å²) in [4.78, 5) is 26.5. The Bertz CT molecular complexity index is 597. The summed E-state index contributed by atoms with van der Waals surface area (Å²) in [6.45, 7) is 3.18. The highest BCUT2D eigenvalue weighted by molar-refractivity contribution is 5.92. The predicted octanol–water partition coefficient (Wildman–Crippen LogP) is 0.854. The van der Waals surface area contributed by atoms with Crippen molar-refractivity contribution in [3.05, 3.63) is 36.4 Å². The van der Waals surface area contributed by atoms with E-state index in [4.69, 9.17) is 0 Å². The summed E-state index contributed by atoms with van der Waals surface area (Å²) < 4.78 is 1.82. The Morgan fingerprint density at radius 2 is 2.35 bits per heavy atom. The molecule has 3 heterocycles.